The summed E-state index contributed by atoms with van der Waals surface area (Å²) >= 11 is 0. The summed E-state index contributed by atoms with van der Waals surface area (Å²) in [4.78, 5) is 11.7. The molecular formula is C14H17N3O. The molecular weight excluding hydrogens is 226 g/mol. The van der Waals surface area contributed by atoms with Crippen molar-refractivity contribution in [3.05, 3.63) is 40.7 Å². The molecule has 0 saturated carbocycles. The fraction of sp³-hybridized carbons (Fsp3) is 0.429. The molecule has 0 aliphatic carbocycles. The number of piperidine rings is 1. The topological polar surface area (TPSA) is 46.9 Å². The average Bonchev–Trinajstić information content (AvgIpc) is 2.44. The van der Waals surface area contributed by atoms with Crippen molar-refractivity contribution in [2.24, 2.45) is 5.92 Å². The van der Waals surface area contributed by atoms with Gasteiger partial charge in [-0.25, -0.2) is 0 Å². The van der Waals surface area contributed by atoms with Crippen LogP contribution < -0.4 is 10.7 Å². The molecule has 0 unspecified atom stereocenters. The second-order valence-corrected chi connectivity index (χ2v) is 4.90. The Kier molecular flexibility index (Phi) is 3.11. The summed E-state index contributed by atoms with van der Waals surface area (Å²) in [5, 5.41) is 8.42. The first-order valence-corrected chi connectivity index (χ1v) is 6.50. The Hall–Kier alpha value is -1.68. The predicted molar refractivity (Wildman–Crippen MR) is 71.6 cm³/mol. The van der Waals surface area contributed by atoms with Crippen LogP contribution in [0.3, 0.4) is 0 Å². The lowest BCUT2D eigenvalue weighted by molar-refractivity contribution is 0.324. The molecule has 1 saturated heterocycles. The first-order valence-electron chi connectivity index (χ1n) is 6.50. The van der Waals surface area contributed by atoms with E-state index in [1.54, 1.807) is 0 Å². The Balaban J connectivity index is 1.96. The predicted octanol–water partition coefficient (Wildman–Crippen LogP) is 1.40. The quantitative estimate of drug-likeness (QED) is 0.867. The smallest absolute Gasteiger partial charge is 0.207 e. The van der Waals surface area contributed by atoms with Gasteiger partial charge in [-0.1, -0.05) is 12.1 Å². The van der Waals surface area contributed by atoms with Gasteiger partial charge in [-0.3, -0.25) is 9.48 Å². The first-order chi connectivity index (χ1) is 8.84. The van der Waals surface area contributed by atoms with Crippen LogP contribution >= 0.6 is 0 Å². The van der Waals surface area contributed by atoms with E-state index >= 15 is 0 Å². The number of benzene rings is 1. The number of nitrogens with one attached hydrogen (secondary N) is 1. The Morgan fingerprint density at radius 2 is 2.06 bits per heavy atom. The molecule has 0 bridgehead atoms. The van der Waals surface area contributed by atoms with Crippen molar-refractivity contribution in [1.82, 2.24) is 15.1 Å². The Morgan fingerprint density at radius 3 is 2.89 bits per heavy atom. The molecule has 1 aromatic heterocycles. The van der Waals surface area contributed by atoms with Gasteiger partial charge in [-0.2, -0.15) is 5.10 Å². The standard InChI is InChI=1S/C14H17N3O/c18-14-9-16-17(10-11-5-7-15-8-6-11)13-4-2-1-3-12(13)14/h1-4,9,11,15H,5-8,10H2. The molecule has 1 aliphatic heterocycles. The number of hydrogen-bond acceptors (Lipinski definition) is 3. The van der Waals surface area contributed by atoms with Crippen molar-refractivity contribution in [3.8, 4) is 0 Å². The molecule has 3 rings (SSSR count). The number of nitrogens with zero attached hydrogens (tertiary/aromatic N) is 2. The molecule has 1 N–H and O–H groups in total. The molecule has 2 heterocycles. The number of fused-ring (bicyclic) bond motifs is 1. The van der Waals surface area contributed by atoms with Gasteiger partial charge in [0.1, 0.15) is 0 Å². The minimum atomic E-state index is 0.00663. The van der Waals surface area contributed by atoms with E-state index in [-0.39, 0.29) is 5.43 Å². The summed E-state index contributed by atoms with van der Waals surface area (Å²) in [5.74, 6) is 0.657. The molecule has 4 nitrogen and oxygen atoms in total. The maximum absolute atomic E-state index is 11.7. The molecule has 94 valence electrons. The number of para-hydroxylation sites is 1. The third kappa shape index (κ3) is 2.16. The summed E-state index contributed by atoms with van der Waals surface area (Å²) in [6, 6.07) is 7.71. The zero-order chi connectivity index (χ0) is 12.4. The van der Waals surface area contributed by atoms with Gasteiger partial charge in [0.25, 0.3) is 0 Å². The van der Waals surface area contributed by atoms with Crippen LogP contribution in [0.15, 0.2) is 35.3 Å². The largest absolute Gasteiger partial charge is 0.317 e. The maximum atomic E-state index is 11.7. The lowest BCUT2D eigenvalue weighted by atomic mass is 9.98. The van der Waals surface area contributed by atoms with E-state index in [4.69, 9.17) is 0 Å². The normalized spacial score (nSPS) is 17.1. The van der Waals surface area contributed by atoms with Crippen molar-refractivity contribution in [2.75, 3.05) is 13.1 Å². The van der Waals surface area contributed by atoms with E-state index < -0.39 is 0 Å². The molecule has 1 fully saturated rings. The third-order valence-electron chi connectivity index (χ3n) is 3.65. The van der Waals surface area contributed by atoms with Gasteiger partial charge in [0, 0.05) is 11.9 Å². The lowest BCUT2D eigenvalue weighted by Crippen LogP contribution is -2.30. The van der Waals surface area contributed by atoms with Gasteiger partial charge < -0.3 is 5.32 Å². The molecule has 1 aliphatic rings. The van der Waals surface area contributed by atoms with Crippen molar-refractivity contribution in [1.29, 1.82) is 0 Å². The van der Waals surface area contributed by atoms with Crippen LogP contribution in [0, 0.1) is 5.92 Å². The second kappa shape index (κ2) is 4.90. The highest BCUT2D eigenvalue weighted by Crippen LogP contribution is 2.16. The molecule has 0 atom stereocenters. The summed E-state index contributed by atoms with van der Waals surface area (Å²) in [5.41, 5.74) is 0.954. The van der Waals surface area contributed by atoms with Crippen molar-refractivity contribution in [2.45, 2.75) is 19.4 Å². The Morgan fingerprint density at radius 1 is 1.28 bits per heavy atom. The van der Waals surface area contributed by atoms with Gasteiger partial charge in [-0.15, -0.1) is 0 Å². The minimum Gasteiger partial charge on any atom is -0.317 e. The molecule has 2 aromatic rings. The van der Waals surface area contributed by atoms with Crippen LogP contribution in [0.4, 0.5) is 0 Å². The SMILES string of the molecule is O=c1cnn(CC2CCNCC2)c2ccccc12. The molecule has 0 radical (unpaired) electrons. The minimum absolute atomic E-state index is 0.00663. The summed E-state index contributed by atoms with van der Waals surface area (Å²) in [7, 11) is 0. The molecule has 0 amide bonds. The highest BCUT2D eigenvalue weighted by molar-refractivity contribution is 5.77. The van der Waals surface area contributed by atoms with E-state index in [9.17, 15) is 4.79 Å². The zero-order valence-corrected chi connectivity index (χ0v) is 10.3. The van der Waals surface area contributed by atoms with E-state index in [0.29, 0.717) is 5.92 Å². The van der Waals surface area contributed by atoms with E-state index in [2.05, 4.69) is 10.4 Å². The van der Waals surface area contributed by atoms with Crippen LogP contribution in [-0.2, 0) is 6.54 Å². The third-order valence-corrected chi connectivity index (χ3v) is 3.65. The highest BCUT2D eigenvalue weighted by Gasteiger charge is 2.14. The Bertz CT molecular complexity index is 599. The van der Waals surface area contributed by atoms with Crippen molar-refractivity contribution in [3.63, 3.8) is 0 Å². The van der Waals surface area contributed by atoms with Crippen LogP contribution in [0.1, 0.15) is 12.8 Å². The van der Waals surface area contributed by atoms with E-state index in [0.717, 1.165) is 30.5 Å². The fourth-order valence-corrected chi connectivity index (χ4v) is 2.62. The monoisotopic (exact) mass is 243 g/mol. The number of aromatic nitrogens is 2. The molecule has 1 aromatic carbocycles. The summed E-state index contributed by atoms with van der Waals surface area (Å²) in [6.07, 6.45) is 3.80. The van der Waals surface area contributed by atoms with Crippen LogP contribution in [-0.4, -0.2) is 22.9 Å². The van der Waals surface area contributed by atoms with Gasteiger partial charge in [0.15, 0.2) is 0 Å². The molecule has 4 heteroatoms. The van der Waals surface area contributed by atoms with Crippen molar-refractivity contribution >= 4 is 10.9 Å². The number of rotatable bonds is 2. The fourth-order valence-electron chi connectivity index (χ4n) is 2.62. The molecule has 0 spiro atoms. The maximum Gasteiger partial charge on any atom is 0.207 e. The van der Waals surface area contributed by atoms with Crippen LogP contribution in [0.5, 0.6) is 0 Å². The average molecular weight is 243 g/mol. The van der Waals surface area contributed by atoms with Crippen LogP contribution in [0.2, 0.25) is 0 Å². The van der Waals surface area contributed by atoms with Gasteiger partial charge in [-0.05, 0) is 44.0 Å². The Labute approximate surface area is 106 Å². The second-order valence-electron chi connectivity index (χ2n) is 4.90. The van der Waals surface area contributed by atoms with Gasteiger partial charge in [0.2, 0.25) is 5.43 Å². The summed E-state index contributed by atoms with van der Waals surface area (Å²) < 4.78 is 1.98. The van der Waals surface area contributed by atoms with Crippen LogP contribution in [0.25, 0.3) is 10.9 Å². The highest BCUT2D eigenvalue weighted by atomic mass is 16.1. The molecule has 18 heavy (non-hydrogen) atoms. The van der Waals surface area contributed by atoms with E-state index in [1.807, 2.05) is 28.9 Å². The number of hydrogen-bond donors (Lipinski definition) is 1. The summed E-state index contributed by atoms with van der Waals surface area (Å²) in [6.45, 7) is 3.08. The van der Waals surface area contributed by atoms with Crippen molar-refractivity contribution < 1.29 is 0 Å². The van der Waals surface area contributed by atoms with Gasteiger partial charge in [0.05, 0.1) is 11.7 Å². The lowest BCUT2D eigenvalue weighted by Gasteiger charge is -2.23. The zero-order valence-electron chi connectivity index (χ0n) is 10.3. The van der Waals surface area contributed by atoms with E-state index in [1.165, 1.54) is 19.0 Å². The first kappa shape index (κ1) is 11.4. The van der Waals surface area contributed by atoms with Gasteiger partial charge >= 0.3 is 0 Å².